The van der Waals surface area contributed by atoms with Crippen LogP contribution in [0.25, 0.3) is 0 Å². The van der Waals surface area contributed by atoms with Crippen LogP contribution in [-0.2, 0) is 11.2 Å². The molecule has 0 spiro atoms. The third-order valence-corrected chi connectivity index (χ3v) is 3.48. The van der Waals surface area contributed by atoms with Crippen molar-refractivity contribution in [2.75, 3.05) is 0 Å². The standard InChI is InChI=1S/C14H20BrNO/c1-10(14(2,3)4)16-13(17)9-11-5-7-12(15)8-6-11/h5-8,10H,9H2,1-4H3,(H,16,17)/t10-/m0/s1. The van der Waals surface area contributed by atoms with E-state index in [4.69, 9.17) is 0 Å². The van der Waals surface area contributed by atoms with E-state index in [9.17, 15) is 4.79 Å². The van der Waals surface area contributed by atoms with Crippen LogP contribution in [0.15, 0.2) is 28.7 Å². The van der Waals surface area contributed by atoms with Crippen LogP contribution >= 0.6 is 15.9 Å². The third-order valence-electron chi connectivity index (χ3n) is 2.95. The molecular weight excluding hydrogens is 278 g/mol. The minimum absolute atomic E-state index is 0.0785. The van der Waals surface area contributed by atoms with Crippen LogP contribution in [0.2, 0.25) is 0 Å². The van der Waals surface area contributed by atoms with Gasteiger partial charge in [-0.1, -0.05) is 48.8 Å². The summed E-state index contributed by atoms with van der Waals surface area (Å²) in [6, 6.07) is 8.01. The van der Waals surface area contributed by atoms with Crippen molar-refractivity contribution >= 4 is 21.8 Å². The van der Waals surface area contributed by atoms with Crippen molar-refractivity contribution < 1.29 is 4.79 Å². The highest BCUT2D eigenvalue weighted by atomic mass is 79.9. The lowest BCUT2D eigenvalue weighted by molar-refractivity contribution is -0.121. The lowest BCUT2D eigenvalue weighted by Gasteiger charge is -2.28. The summed E-state index contributed by atoms with van der Waals surface area (Å²) in [5.41, 5.74) is 1.13. The Labute approximate surface area is 112 Å². The number of amides is 1. The number of halogens is 1. The minimum Gasteiger partial charge on any atom is -0.353 e. The Morgan fingerprint density at radius 1 is 1.29 bits per heavy atom. The molecule has 0 heterocycles. The summed E-state index contributed by atoms with van der Waals surface area (Å²) in [5, 5.41) is 3.03. The summed E-state index contributed by atoms with van der Waals surface area (Å²) in [4.78, 5) is 11.8. The molecule has 0 aliphatic rings. The largest absolute Gasteiger partial charge is 0.353 e. The molecule has 1 amide bonds. The van der Waals surface area contributed by atoms with Crippen molar-refractivity contribution in [3.05, 3.63) is 34.3 Å². The number of benzene rings is 1. The second kappa shape index (κ2) is 5.67. The molecule has 0 aliphatic heterocycles. The van der Waals surface area contributed by atoms with Gasteiger partial charge in [0.1, 0.15) is 0 Å². The van der Waals surface area contributed by atoms with Gasteiger partial charge in [0, 0.05) is 10.5 Å². The summed E-state index contributed by atoms with van der Waals surface area (Å²) >= 11 is 3.38. The molecule has 0 fully saturated rings. The molecule has 0 unspecified atom stereocenters. The zero-order valence-electron chi connectivity index (χ0n) is 10.9. The minimum atomic E-state index is 0.0785. The number of rotatable bonds is 3. The van der Waals surface area contributed by atoms with Gasteiger partial charge < -0.3 is 5.32 Å². The highest BCUT2D eigenvalue weighted by molar-refractivity contribution is 9.10. The molecular formula is C14H20BrNO. The van der Waals surface area contributed by atoms with Gasteiger partial charge in [0.15, 0.2) is 0 Å². The Balaban J connectivity index is 2.53. The Bertz CT molecular complexity index is 378. The van der Waals surface area contributed by atoms with Crippen LogP contribution in [0.4, 0.5) is 0 Å². The van der Waals surface area contributed by atoms with Crippen LogP contribution in [0.1, 0.15) is 33.3 Å². The van der Waals surface area contributed by atoms with E-state index in [0.29, 0.717) is 6.42 Å². The SMILES string of the molecule is C[C@H](NC(=O)Cc1ccc(Br)cc1)C(C)(C)C. The summed E-state index contributed by atoms with van der Waals surface area (Å²) in [5.74, 6) is 0.0785. The molecule has 0 aliphatic carbocycles. The summed E-state index contributed by atoms with van der Waals surface area (Å²) in [6.45, 7) is 8.41. The Hall–Kier alpha value is -0.830. The molecule has 3 heteroatoms. The molecule has 1 aromatic carbocycles. The molecule has 0 saturated heterocycles. The van der Waals surface area contributed by atoms with Crippen LogP contribution in [0, 0.1) is 5.41 Å². The van der Waals surface area contributed by atoms with E-state index in [-0.39, 0.29) is 17.4 Å². The fourth-order valence-corrected chi connectivity index (χ4v) is 1.56. The third kappa shape index (κ3) is 4.90. The van der Waals surface area contributed by atoms with E-state index in [1.54, 1.807) is 0 Å². The van der Waals surface area contributed by atoms with E-state index in [1.165, 1.54) is 0 Å². The zero-order chi connectivity index (χ0) is 13.1. The van der Waals surface area contributed by atoms with E-state index < -0.39 is 0 Å². The van der Waals surface area contributed by atoms with Crippen LogP contribution < -0.4 is 5.32 Å². The second-order valence-corrected chi connectivity index (χ2v) is 6.37. The normalized spacial score (nSPS) is 13.2. The van der Waals surface area contributed by atoms with Crippen molar-refractivity contribution in [2.24, 2.45) is 5.41 Å². The molecule has 1 atom stereocenters. The molecule has 0 saturated carbocycles. The first-order valence-corrected chi connectivity index (χ1v) is 6.62. The highest BCUT2D eigenvalue weighted by Gasteiger charge is 2.21. The molecule has 1 N–H and O–H groups in total. The predicted octanol–water partition coefficient (Wildman–Crippen LogP) is 3.54. The second-order valence-electron chi connectivity index (χ2n) is 5.46. The molecule has 2 nitrogen and oxygen atoms in total. The van der Waals surface area contributed by atoms with Crippen molar-refractivity contribution in [2.45, 2.75) is 40.2 Å². The first-order chi connectivity index (χ1) is 7.79. The van der Waals surface area contributed by atoms with Gasteiger partial charge in [-0.3, -0.25) is 4.79 Å². The Morgan fingerprint density at radius 2 is 1.82 bits per heavy atom. The molecule has 17 heavy (non-hydrogen) atoms. The maximum absolute atomic E-state index is 11.8. The van der Waals surface area contributed by atoms with Gasteiger partial charge in [0.2, 0.25) is 5.91 Å². The molecule has 1 rings (SSSR count). The van der Waals surface area contributed by atoms with Crippen LogP contribution in [-0.4, -0.2) is 11.9 Å². The highest BCUT2D eigenvalue weighted by Crippen LogP contribution is 2.18. The Kier molecular flexibility index (Phi) is 4.75. The smallest absolute Gasteiger partial charge is 0.224 e. The zero-order valence-corrected chi connectivity index (χ0v) is 12.5. The number of carbonyl (C=O) groups excluding carboxylic acids is 1. The number of nitrogens with one attached hydrogen (secondary N) is 1. The van der Waals surface area contributed by atoms with Gasteiger partial charge >= 0.3 is 0 Å². The average molecular weight is 298 g/mol. The van der Waals surface area contributed by atoms with Gasteiger partial charge in [-0.05, 0) is 30.0 Å². The molecule has 94 valence electrons. The number of hydrogen-bond donors (Lipinski definition) is 1. The monoisotopic (exact) mass is 297 g/mol. The van der Waals surface area contributed by atoms with Gasteiger partial charge in [-0.25, -0.2) is 0 Å². The Morgan fingerprint density at radius 3 is 2.29 bits per heavy atom. The molecule has 0 radical (unpaired) electrons. The van der Waals surface area contributed by atoms with Crippen molar-refractivity contribution in [1.29, 1.82) is 0 Å². The maximum atomic E-state index is 11.8. The fraction of sp³-hybridized carbons (Fsp3) is 0.500. The van der Waals surface area contributed by atoms with Crippen LogP contribution in [0.5, 0.6) is 0 Å². The maximum Gasteiger partial charge on any atom is 0.224 e. The van der Waals surface area contributed by atoms with Gasteiger partial charge in [0.05, 0.1) is 6.42 Å². The van der Waals surface area contributed by atoms with Gasteiger partial charge in [0.25, 0.3) is 0 Å². The predicted molar refractivity (Wildman–Crippen MR) is 74.9 cm³/mol. The van der Waals surface area contributed by atoms with Crippen molar-refractivity contribution in [1.82, 2.24) is 5.32 Å². The molecule has 0 bridgehead atoms. The lowest BCUT2D eigenvalue weighted by Crippen LogP contribution is -2.42. The summed E-state index contributed by atoms with van der Waals surface area (Å²) in [6.07, 6.45) is 0.438. The van der Waals surface area contributed by atoms with Gasteiger partial charge in [-0.2, -0.15) is 0 Å². The number of carbonyl (C=O) groups is 1. The fourth-order valence-electron chi connectivity index (χ4n) is 1.30. The average Bonchev–Trinajstić information content (AvgIpc) is 2.20. The van der Waals surface area contributed by atoms with E-state index in [0.717, 1.165) is 10.0 Å². The first-order valence-electron chi connectivity index (χ1n) is 5.83. The van der Waals surface area contributed by atoms with E-state index in [1.807, 2.05) is 31.2 Å². The molecule has 0 aromatic heterocycles. The van der Waals surface area contributed by atoms with Gasteiger partial charge in [-0.15, -0.1) is 0 Å². The first kappa shape index (κ1) is 14.2. The summed E-state index contributed by atoms with van der Waals surface area (Å²) in [7, 11) is 0. The lowest BCUT2D eigenvalue weighted by atomic mass is 9.88. The van der Waals surface area contributed by atoms with E-state index >= 15 is 0 Å². The summed E-state index contributed by atoms with van der Waals surface area (Å²) < 4.78 is 1.03. The van der Waals surface area contributed by atoms with Crippen molar-refractivity contribution in [3.8, 4) is 0 Å². The molecule has 1 aromatic rings. The van der Waals surface area contributed by atoms with E-state index in [2.05, 4.69) is 42.0 Å². The number of hydrogen-bond acceptors (Lipinski definition) is 1. The quantitative estimate of drug-likeness (QED) is 0.908. The van der Waals surface area contributed by atoms with Crippen LogP contribution in [0.3, 0.4) is 0 Å². The van der Waals surface area contributed by atoms with Crippen molar-refractivity contribution in [3.63, 3.8) is 0 Å². The topological polar surface area (TPSA) is 29.1 Å².